The lowest BCUT2D eigenvalue weighted by molar-refractivity contribution is -0.116. The summed E-state index contributed by atoms with van der Waals surface area (Å²) in [6.45, 7) is 0. The molecule has 1 aliphatic heterocycles. The summed E-state index contributed by atoms with van der Waals surface area (Å²) in [5, 5.41) is 12.1. The van der Waals surface area contributed by atoms with Crippen molar-refractivity contribution in [3.05, 3.63) is 92.8 Å². The summed E-state index contributed by atoms with van der Waals surface area (Å²) < 4.78 is 0. The Balaban J connectivity index is 1.59. The first-order valence-corrected chi connectivity index (χ1v) is 10.7. The quantitative estimate of drug-likeness (QED) is 0.518. The number of para-hydroxylation sites is 2. The molecule has 5 rings (SSSR count). The van der Waals surface area contributed by atoms with Crippen molar-refractivity contribution < 1.29 is 4.79 Å². The van der Waals surface area contributed by atoms with Crippen LogP contribution in [0.2, 0.25) is 5.02 Å². The van der Waals surface area contributed by atoms with Crippen LogP contribution in [-0.2, 0) is 4.79 Å². The summed E-state index contributed by atoms with van der Waals surface area (Å²) in [6, 6.07) is 18.0. The minimum atomic E-state index is -0.129. The number of carbonyl (C=O) groups excluding carboxylic acids is 1. The van der Waals surface area contributed by atoms with Crippen molar-refractivity contribution >= 4 is 40.1 Å². The van der Waals surface area contributed by atoms with Crippen molar-refractivity contribution in [3.63, 3.8) is 0 Å². The van der Waals surface area contributed by atoms with Gasteiger partial charge in [-0.05, 0) is 64.6 Å². The molecule has 0 unspecified atom stereocenters. The lowest BCUT2D eigenvalue weighted by Crippen LogP contribution is -2.26. The molecule has 1 aliphatic carbocycles. The third kappa shape index (κ3) is 3.13. The highest BCUT2D eigenvalue weighted by Gasteiger charge is 2.36. The van der Waals surface area contributed by atoms with E-state index in [0.29, 0.717) is 11.4 Å². The molecule has 1 aromatic heterocycles. The average Bonchev–Trinajstić information content (AvgIpc) is 3.17. The zero-order valence-corrected chi connectivity index (χ0v) is 16.7. The number of allylic oxidation sites excluding steroid dienone is 1. The predicted molar refractivity (Wildman–Crippen MR) is 116 cm³/mol. The number of ketones is 1. The zero-order chi connectivity index (χ0) is 19.1. The molecule has 2 atom stereocenters. The Kier molecular flexibility index (Phi) is 4.46. The number of rotatable bonds is 2. The monoisotopic (exact) mass is 406 g/mol. The van der Waals surface area contributed by atoms with Crippen molar-refractivity contribution in [3.8, 4) is 0 Å². The Hall–Kier alpha value is -2.56. The second-order valence-corrected chi connectivity index (χ2v) is 8.49. The van der Waals surface area contributed by atoms with Crippen molar-refractivity contribution in [2.24, 2.45) is 0 Å². The Labute approximate surface area is 173 Å². The van der Waals surface area contributed by atoms with E-state index in [1.165, 1.54) is 0 Å². The Morgan fingerprint density at radius 3 is 2.46 bits per heavy atom. The van der Waals surface area contributed by atoms with E-state index in [9.17, 15) is 4.79 Å². The lowest BCUT2D eigenvalue weighted by Gasteiger charge is -2.29. The maximum absolute atomic E-state index is 13.3. The number of carbonyl (C=O) groups is 1. The van der Waals surface area contributed by atoms with Gasteiger partial charge in [-0.15, -0.1) is 0 Å². The van der Waals surface area contributed by atoms with Gasteiger partial charge in [0.25, 0.3) is 0 Å². The third-order valence-electron chi connectivity index (χ3n) is 5.53. The summed E-state index contributed by atoms with van der Waals surface area (Å²) in [4.78, 5) is 13.3. The molecule has 3 nitrogen and oxygen atoms in total. The van der Waals surface area contributed by atoms with Gasteiger partial charge in [0.2, 0.25) is 0 Å². The van der Waals surface area contributed by atoms with Crippen LogP contribution in [0.4, 0.5) is 11.4 Å². The minimum Gasteiger partial charge on any atom is -0.372 e. The van der Waals surface area contributed by atoms with Crippen LogP contribution in [0.15, 0.2) is 76.6 Å². The van der Waals surface area contributed by atoms with Crippen molar-refractivity contribution in [1.82, 2.24) is 0 Å². The summed E-state index contributed by atoms with van der Waals surface area (Å²) in [5.41, 5.74) is 6.20. The highest BCUT2D eigenvalue weighted by atomic mass is 35.5. The minimum absolute atomic E-state index is 0.129. The second-order valence-electron chi connectivity index (χ2n) is 7.28. The lowest BCUT2D eigenvalue weighted by atomic mass is 9.79. The molecule has 5 heteroatoms. The molecule has 140 valence electrons. The summed E-state index contributed by atoms with van der Waals surface area (Å²) in [5.74, 6) is 0.356. The standard InChI is InChI=1S/C23H19ClN2OS/c24-17-7-5-14(6-8-17)16-11-20-22(21(27)12-16)23(15-9-10-28-13-15)26-19-4-2-1-3-18(19)25-20/h1-10,13,16,23,25-26H,11-12H2/t16-,23-/m1/s1. The molecule has 0 saturated carbocycles. The molecular formula is C23H19ClN2OS. The van der Waals surface area contributed by atoms with Crippen LogP contribution in [0.5, 0.6) is 0 Å². The van der Waals surface area contributed by atoms with Gasteiger partial charge in [0.1, 0.15) is 0 Å². The molecule has 2 aliphatic rings. The average molecular weight is 407 g/mol. The van der Waals surface area contributed by atoms with E-state index in [4.69, 9.17) is 11.6 Å². The van der Waals surface area contributed by atoms with Crippen molar-refractivity contribution in [2.75, 3.05) is 10.6 Å². The van der Waals surface area contributed by atoms with Crippen LogP contribution in [0, 0.1) is 0 Å². The molecule has 0 amide bonds. The molecule has 28 heavy (non-hydrogen) atoms. The Morgan fingerprint density at radius 2 is 1.71 bits per heavy atom. The van der Waals surface area contributed by atoms with Crippen LogP contribution in [-0.4, -0.2) is 5.78 Å². The van der Waals surface area contributed by atoms with Crippen molar-refractivity contribution in [1.29, 1.82) is 0 Å². The summed E-state index contributed by atoms with van der Waals surface area (Å²) >= 11 is 7.70. The van der Waals surface area contributed by atoms with Gasteiger partial charge < -0.3 is 10.6 Å². The summed E-state index contributed by atoms with van der Waals surface area (Å²) in [7, 11) is 0. The molecule has 0 spiro atoms. The normalized spacial score (nSPS) is 21.2. The highest BCUT2D eigenvalue weighted by molar-refractivity contribution is 7.08. The largest absolute Gasteiger partial charge is 0.372 e. The number of halogens is 1. The first kappa shape index (κ1) is 17.5. The Bertz CT molecular complexity index is 1060. The molecule has 2 aromatic carbocycles. The fraction of sp³-hybridized carbons (Fsp3) is 0.174. The number of hydrogen-bond donors (Lipinski definition) is 2. The van der Waals surface area contributed by atoms with E-state index in [1.807, 2.05) is 36.4 Å². The number of fused-ring (bicyclic) bond motifs is 1. The van der Waals surface area contributed by atoms with E-state index >= 15 is 0 Å². The maximum atomic E-state index is 13.3. The Morgan fingerprint density at radius 1 is 0.929 bits per heavy atom. The molecule has 0 fully saturated rings. The van der Waals surface area contributed by atoms with E-state index in [2.05, 4.69) is 39.6 Å². The molecule has 0 radical (unpaired) electrons. The number of Topliss-reactive ketones (excluding diaryl/α,β-unsaturated/α-hetero) is 1. The smallest absolute Gasteiger partial charge is 0.163 e. The SMILES string of the molecule is O=C1C[C@H](c2ccc(Cl)cc2)CC2=C1[C@@H](c1ccsc1)Nc1ccccc1N2. The molecular weight excluding hydrogens is 388 g/mol. The van der Waals surface area contributed by atoms with Gasteiger partial charge >= 0.3 is 0 Å². The predicted octanol–water partition coefficient (Wildman–Crippen LogP) is 6.38. The van der Waals surface area contributed by atoms with Crippen LogP contribution in [0.3, 0.4) is 0 Å². The number of nitrogens with one attached hydrogen (secondary N) is 2. The van der Waals surface area contributed by atoms with E-state index < -0.39 is 0 Å². The van der Waals surface area contributed by atoms with Crippen LogP contribution in [0.25, 0.3) is 0 Å². The number of anilines is 2. The van der Waals surface area contributed by atoms with E-state index in [1.54, 1.807) is 11.3 Å². The molecule has 2 heterocycles. The van der Waals surface area contributed by atoms with E-state index in [-0.39, 0.29) is 17.7 Å². The van der Waals surface area contributed by atoms with Gasteiger partial charge in [0, 0.05) is 22.7 Å². The third-order valence-corrected chi connectivity index (χ3v) is 6.48. The van der Waals surface area contributed by atoms with Gasteiger partial charge in [-0.3, -0.25) is 4.79 Å². The van der Waals surface area contributed by atoms with Gasteiger partial charge in [-0.2, -0.15) is 11.3 Å². The number of thiophene rings is 1. The molecule has 0 saturated heterocycles. The molecule has 3 aromatic rings. The van der Waals surface area contributed by atoms with E-state index in [0.717, 1.165) is 40.2 Å². The van der Waals surface area contributed by atoms with Crippen LogP contribution >= 0.6 is 22.9 Å². The number of hydrogen-bond acceptors (Lipinski definition) is 4. The zero-order valence-electron chi connectivity index (χ0n) is 15.1. The fourth-order valence-corrected chi connectivity index (χ4v) is 4.96. The van der Waals surface area contributed by atoms with Gasteiger partial charge in [-0.25, -0.2) is 0 Å². The molecule has 2 N–H and O–H groups in total. The first-order chi connectivity index (χ1) is 13.7. The van der Waals surface area contributed by atoms with Gasteiger partial charge in [-0.1, -0.05) is 35.9 Å². The highest BCUT2D eigenvalue weighted by Crippen LogP contribution is 2.44. The van der Waals surface area contributed by atoms with Gasteiger partial charge in [0.05, 0.1) is 17.4 Å². The number of benzene rings is 2. The first-order valence-electron chi connectivity index (χ1n) is 9.35. The topological polar surface area (TPSA) is 41.1 Å². The maximum Gasteiger partial charge on any atom is 0.163 e. The van der Waals surface area contributed by atoms with Gasteiger partial charge in [0.15, 0.2) is 5.78 Å². The fourth-order valence-electron chi connectivity index (χ4n) is 4.15. The van der Waals surface area contributed by atoms with Crippen LogP contribution in [0.1, 0.15) is 35.9 Å². The molecule has 0 bridgehead atoms. The van der Waals surface area contributed by atoms with Crippen LogP contribution < -0.4 is 10.6 Å². The second kappa shape index (κ2) is 7.12. The van der Waals surface area contributed by atoms with Crippen molar-refractivity contribution in [2.45, 2.75) is 24.8 Å². The summed E-state index contributed by atoms with van der Waals surface area (Å²) in [6.07, 6.45) is 1.32.